The van der Waals surface area contributed by atoms with Crippen LogP contribution in [0, 0.1) is 0 Å². The van der Waals surface area contributed by atoms with E-state index in [9.17, 15) is 4.79 Å². The van der Waals surface area contributed by atoms with E-state index in [-0.39, 0.29) is 5.91 Å². The average Bonchev–Trinajstić information content (AvgIpc) is 3.39. The number of carbonyl (C=O) groups excluding carboxylic acids is 1. The Morgan fingerprint density at radius 1 is 1.04 bits per heavy atom. The summed E-state index contributed by atoms with van der Waals surface area (Å²) in [4.78, 5) is 16.5. The maximum Gasteiger partial charge on any atom is 0.269 e. The Morgan fingerprint density at radius 3 is 2.67 bits per heavy atom. The van der Waals surface area contributed by atoms with Crippen molar-refractivity contribution in [1.82, 2.24) is 30.7 Å². The third kappa shape index (κ3) is 3.95. The number of amides is 1. The van der Waals surface area contributed by atoms with Crippen molar-refractivity contribution in [2.75, 3.05) is 0 Å². The first kappa shape index (κ1) is 17.2. The summed E-state index contributed by atoms with van der Waals surface area (Å²) in [6, 6.07) is 17.3. The van der Waals surface area contributed by atoms with Gasteiger partial charge in [0.15, 0.2) is 5.82 Å². The second kappa shape index (κ2) is 7.55. The van der Waals surface area contributed by atoms with Crippen molar-refractivity contribution >= 4 is 21.8 Å². The molecule has 4 rings (SSSR count). The molecule has 3 N–H and O–H groups in total. The number of aromatic nitrogens is 5. The van der Waals surface area contributed by atoms with Crippen molar-refractivity contribution in [2.24, 2.45) is 0 Å². The lowest BCUT2D eigenvalue weighted by Crippen LogP contribution is -2.23. The van der Waals surface area contributed by atoms with E-state index >= 15 is 0 Å². The number of rotatable bonds is 5. The fraction of sp³-hybridized carbons (Fsp3) is 0.0526. The molecule has 0 aliphatic carbocycles. The third-order valence-corrected chi connectivity index (χ3v) is 4.56. The third-order valence-electron chi connectivity index (χ3n) is 4.03. The Balaban J connectivity index is 1.43. The monoisotopic (exact) mass is 422 g/mol. The minimum Gasteiger partial charge on any atom is -0.347 e. The molecule has 0 aliphatic rings. The smallest absolute Gasteiger partial charge is 0.269 e. The van der Waals surface area contributed by atoms with Gasteiger partial charge in [0.1, 0.15) is 12.0 Å². The van der Waals surface area contributed by atoms with Gasteiger partial charge in [-0.3, -0.25) is 15.0 Å². The molecule has 2 heterocycles. The normalized spacial score (nSPS) is 10.7. The largest absolute Gasteiger partial charge is 0.347 e. The number of benzene rings is 2. The van der Waals surface area contributed by atoms with Gasteiger partial charge in [0, 0.05) is 22.1 Å². The molecule has 2 aromatic carbocycles. The molecule has 0 unspecified atom stereocenters. The molecule has 0 saturated heterocycles. The molecule has 0 atom stereocenters. The number of halogens is 1. The molecular formula is C19H15BrN6O. The summed E-state index contributed by atoms with van der Waals surface area (Å²) in [5.74, 6) is 0.479. The van der Waals surface area contributed by atoms with Crippen LogP contribution in [-0.2, 0) is 6.54 Å². The second-order valence-corrected chi connectivity index (χ2v) is 6.81. The van der Waals surface area contributed by atoms with Crippen molar-refractivity contribution in [1.29, 1.82) is 0 Å². The number of hydrogen-bond acceptors (Lipinski definition) is 4. The molecule has 2 aromatic heterocycles. The number of nitrogens with one attached hydrogen (secondary N) is 3. The van der Waals surface area contributed by atoms with E-state index in [2.05, 4.69) is 46.6 Å². The highest BCUT2D eigenvalue weighted by Gasteiger charge is 2.11. The molecule has 7 nitrogen and oxygen atoms in total. The van der Waals surface area contributed by atoms with Crippen LogP contribution in [0.2, 0.25) is 0 Å². The van der Waals surface area contributed by atoms with Gasteiger partial charge in [-0.2, -0.15) is 10.2 Å². The van der Waals surface area contributed by atoms with Gasteiger partial charge in [-0.25, -0.2) is 4.98 Å². The lowest BCUT2D eigenvalue weighted by Gasteiger charge is -2.05. The number of carbonyl (C=O) groups is 1. The molecule has 0 fully saturated rings. The lowest BCUT2D eigenvalue weighted by molar-refractivity contribution is 0.0946. The number of H-pyrrole nitrogens is 2. The Kier molecular flexibility index (Phi) is 4.80. The van der Waals surface area contributed by atoms with Crippen LogP contribution < -0.4 is 5.32 Å². The molecule has 8 heteroatoms. The first-order valence-electron chi connectivity index (χ1n) is 8.23. The molecule has 134 valence electrons. The molecule has 4 aromatic rings. The molecule has 0 bridgehead atoms. The van der Waals surface area contributed by atoms with E-state index in [0.29, 0.717) is 18.1 Å². The second-order valence-electron chi connectivity index (χ2n) is 5.89. The van der Waals surface area contributed by atoms with Crippen molar-refractivity contribution in [3.8, 4) is 22.6 Å². The first-order chi connectivity index (χ1) is 13.2. The molecular weight excluding hydrogens is 408 g/mol. The average molecular weight is 423 g/mol. The topological polar surface area (TPSA) is 99.3 Å². The number of hydrogen-bond donors (Lipinski definition) is 3. The van der Waals surface area contributed by atoms with Gasteiger partial charge in [-0.05, 0) is 29.8 Å². The molecule has 27 heavy (non-hydrogen) atoms. The van der Waals surface area contributed by atoms with Crippen LogP contribution in [0.4, 0.5) is 0 Å². The Bertz CT molecular complexity index is 1060. The maximum absolute atomic E-state index is 12.4. The summed E-state index contributed by atoms with van der Waals surface area (Å²) in [6.45, 7) is 0.396. The predicted molar refractivity (Wildman–Crippen MR) is 105 cm³/mol. The standard InChI is InChI=1S/C19H15BrN6O/c20-15-6-4-13(5-7-15)16-9-17(25-24-16)19(27)21-10-12-2-1-3-14(8-12)18-22-11-23-26-18/h1-9,11H,10H2,(H,21,27)(H,24,25)(H,22,23,26). The molecule has 0 saturated carbocycles. The van der Waals surface area contributed by atoms with E-state index in [0.717, 1.165) is 26.9 Å². The molecule has 0 radical (unpaired) electrons. The highest BCUT2D eigenvalue weighted by molar-refractivity contribution is 9.10. The SMILES string of the molecule is O=C(NCc1cccc(-c2ncn[nH]2)c1)c1cc(-c2ccc(Br)cc2)n[nH]1. The van der Waals surface area contributed by atoms with Crippen molar-refractivity contribution in [2.45, 2.75) is 6.54 Å². The lowest BCUT2D eigenvalue weighted by atomic mass is 10.1. The van der Waals surface area contributed by atoms with Gasteiger partial charge in [-0.1, -0.05) is 46.3 Å². The zero-order chi connectivity index (χ0) is 18.6. The van der Waals surface area contributed by atoms with Crippen LogP contribution in [0.15, 0.2) is 65.4 Å². The summed E-state index contributed by atoms with van der Waals surface area (Å²) in [6.07, 6.45) is 1.46. The minimum absolute atomic E-state index is 0.212. The first-order valence-corrected chi connectivity index (χ1v) is 9.02. The van der Waals surface area contributed by atoms with Crippen molar-refractivity contribution in [3.05, 3.63) is 76.7 Å². The molecule has 0 spiro atoms. The predicted octanol–water partition coefficient (Wildman–Crippen LogP) is 3.55. The highest BCUT2D eigenvalue weighted by Crippen LogP contribution is 2.20. The summed E-state index contributed by atoms with van der Waals surface area (Å²) in [7, 11) is 0. The van der Waals surface area contributed by atoms with Crippen LogP contribution in [0.1, 0.15) is 16.1 Å². The van der Waals surface area contributed by atoms with Gasteiger partial charge in [-0.15, -0.1) is 0 Å². The van der Waals surface area contributed by atoms with Gasteiger partial charge in [0.05, 0.1) is 5.69 Å². The van der Waals surface area contributed by atoms with Gasteiger partial charge in [0.2, 0.25) is 0 Å². The summed E-state index contributed by atoms with van der Waals surface area (Å²) in [5, 5.41) is 16.6. The molecule has 0 aliphatic heterocycles. The Morgan fingerprint density at radius 2 is 1.89 bits per heavy atom. The van der Waals surface area contributed by atoms with Gasteiger partial charge < -0.3 is 5.32 Å². The van der Waals surface area contributed by atoms with E-state index in [1.807, 2.05) is 48.5 Å². The fourth-order valence-electron chi connectivity index (χ4n) is 2.66. The Hall–Kier alpha value is -3.26. The maximum atomic E-state index is 12.4. The van der Waals surface area contributed by atoms with Crippen molar-refractivity contribution < 1.29 is 4.79 Å². The van der Waals surface area contributed by atoms with E-state index in [4.69, 9.17) is 0 Å². The van der Waals surface area contributed by atoms with E-state index in [1.165, 1.54) is 6.33 Å². The van der Waals surface area contributed by atoms with Crippen LogP contribution in [0.5, 0.6) is 0 Å². The summed E-state index contributed by atoms with van der Waals surface area (Å²) < 4.78 is 0.993. The van der Waals surface area contributed by atoms with E-state index in [1.54, 1.807) is 6.07 Å². The Labute approximate surface area is 163 Å². The zero-order valence-electron chi connectivity index (χ0n) is 14.1. The quantitative estimate of drug-likeness (QED) is 0.457. The minimum atomic E-state index is -0.212. The van der Waals surface area contributed by atoms with Crippen LogP contribution in [0.3, 0.4) is 0 Å². The van der Waals surface area contributed by atoms with Crippen molar-refractivity contribution in [3.63, 3.8) is 0 Å². The zero-order valence-corrected chi connectivity index (χ0v) is 15.7. The summed E-state index contributed by atoms with van der Waals surface area (Å²) >= 11 is 3.41. The van der Waals surface area contributed by atoms with Crippen LogP contribution in [0.25, 0.3) is 22.6 Å². The number of aromatic amines is 2. The van der Waals surface area contributed by atoms with Crippen LogP contribution in [-0.4, -0.2) is 31.3 Å². The van der Waals surface area contributed by atoms with E-state index < -0.39 is 0 Å². The van der Waals surface area contributed by atoms with Gasteiger partial charge in [0.25, 0.3) is 5.91 Å². The fourth-order valence-corrected chi connectivity index (χ4v) is 2.92. The highest BCUT2D eigenvalue weighted by atomic mass is 79.9. The summed E-state index contributed by atoms with van der Waals surface area (Å²) in [5.41, 5.74) is 3.95. The van der Waals surface area contributed by atoms with Crippen LogP contribution >= 0.6 is 15.9 Å². The van der Waals surface area contributed by atoms with Gasteiger partial charge >= 0.3 is 0 Å². The number of nitrogens with zero attached hydrogens (tertiary/aromatic N) is 3. The molecule has 1 amide bonds.